The molecule has 0 heterocycles. The van der Waals surface area contributed by atoms with Crippen molar-refractivity contribution < 1.29 is 13.2 Å². The lowest BCUT2D eigenvalue weighted by Gasteiger charge is -2.11. The highest BCUT2D eigenvalue weighted by Gasteiger charge is 2.17. The molecule has 5 heteroatoms. The molecular formula is C16H17NO3S. The zero-order valence-corrected chi connectivity index (χ0v) is 12.8. The van der Waals surface area contributed by atoms with Crippen LogP contribution >= 0.6 is 0 Å². The van der Waals surface area contributed by atoms with Gasteiger partial charge in [0.2, 0.25) is 10.0 Å². The van der Waals surface area contributed by atoms with Crippen molar-refractivity contribution in [3.05, 3.63) is 65.7 Å². The maximum atomic E-state index is 12.1. The van der Waals surface area contributed by atoms with Crippen LogP contribution in [0, 0.1) is 0 Å². The fraction of sp³-hybridized carbons (Fsp3) is 0.188. The average Bonchev–Trinajstić information content (AvgIpc) is 2.48. The van der Waals surface area contributed by atoms with E-state index in [-0.39, 0.29) is 10.7 Å². The molecule has 2 aromatic carbocycles. The van der Waals surface area contributed by atoms with E-state index in [1.54, 1.807) is 12.1 Å². The Labute approximate surface area is 125 Å². The molecule has 0 aliphatic carbocycles. The van der Waals surface area contributed by atoms with Crippen LogP contribution in [0.5, 0.6) is 0 Å². The lowest BCUT2D eigenvalue weighted by atomic mass is 10.0. The van der Waals surface area contributed by atoms with Crippen LogP contribution < -0.4 is 0 Å². The van der Waals surface area contributed by atoms with Gasteiger partial charge in [0.05, 0.1) is 4.90 Å². The predicted octanol–water partition coefficient (Wildman–Crippen LogP) is 2.36. The molecule has 0 unspecified atom stereocenters. The highest BCUT2D eigenvalue weighted by molar-refractivity contribution is 7.89. The SMILES string of the molecule is CN(C)S(=O)(=O)c1ccc(C(=O)Cc2ccccc2)cc1. The molecule has 0 aliphatic heterocycles. The van der Waals surface area contributed by atoms with E-state index < -0.39 is 10.0 Å². The molecule has 0 radical (unpaired) electrons. The number of carbonyl (C=O) groups excluding carboxylic acids is 1. The molecule has 0 N–H and O–H groups in total. The number of rotatable bonds is 5. The highest BCUT2D eigenvalue weighted by Crippen LogP contribution is 2.15. The van der Waals surface area contributed by atoms with Gasteiger partial charge in [-0.15, -0.1) is 0 Å². The van der Waals surface area contributed by atoms with Crippen molar-refractivity contribution >= 4 is 15.8 Å². The van der Waals surface area contributed by atoms with Crippen molar-refractivity contribution in [2.75, 3.05) is 14.1 Å². The van der Waals surface area contributed by atoms with Crippen molar-refractivity contribution in [1.82, 2.24) is 4.31 Å². The summed E-state index contributed by atoms with van der Waals surface area (Å²) >= 11 is 0. The zero-order chi connectivity index (χ0) is 15.5. The van der Waals surface area contributed by atoms with Crippen LogP contribution in [0.1, 0.15) is 15.9 Å². The van der Waals surface area contributed by atoms with Crippen molar-refractivity contribution in [2.24, 2.45) is 0 Å². The minimum atomic E-state index is -3.46. The smallest absolute Gasteiger partial charge is 0.242 e. The number of Topliss-reactive ketones (excluding diaryl/α,β-unsaturated/α-hetero) is 1. The monoisotopic (exact) mass is 303 g/mol. The maximum absolute atomic E-state index is 12.1. The second-order valence-corrected chi connectivity index (χ2v) is 7.05. The van der Waals surface area contributed by atoms with Gasteiger partial charge in [-0.1, -0.05) is 42.5 Å². The lowest BCUT2D eigenvalue weighted by molar-refractivity contribution is 0.0993. The van der Waals surface area contributed by atoms with Crippen molar-refractivity contribution in [3.63, 3.8) is 0 Å². The molecule has 0 amide bonds. The number of nitrogens with zero attached hydrogens (tertiary/aromatic N) is 1. The molecular weight excluding hydrogens is 286 g/mol. The average molecular weight is 303 g/mol. The molecule has 2 rings (SSSR count). The minimum Gasteiger partial charge on any atom is -0.294 e. The van der Waals surface area contributed by atoms with Gasteiger partial charge in [0.15, 0.2) is 5.78 Å². The number of carbonyl (C=O) groups is 1. The number of ketones is 1. The Bertz CT molecular complexity index is 720. The Morgan fingerprint density at radius 1 is 0.952 bits per heavy atom. The van der Waals surface area contributed by atoms with E-state index in [1.165, 1.54) is 26.2 Å². The molecule has 21 heavy (non-hydrogen) atoms. The quantitative estimate of drug-likeness (QED) is 0.797. The molecule has 0 atom stereocenters. The molecule has 0 aromatic heterocycles. The predicted molar refractivity (Wildman–Crippen MR) is 81.8 cm³/mol. The van der Waals surface area contributed by atoms with Crippen LogP contribution in [-0.4, -0.2) is 32.6 Å². The molecule has 4 nitrogen and oxygen atoms in total. The Balaban J connectivity index is 2.18. The van der Waals surface area contributed by atoms with Gasteiger partial charge in [0, 0.05) is 26.1 Å². The van der Waals surface area contributed by atoms with Gasteiger partial charge in [-0.3, -0.25) is 4.79 Å². The van der Waals surface area contributed by atoms with Gasteiger partial charge in [-0.25, -0.2) is 12.7 Å². The van der Waals surface area contributed by atoms with Gasteiger partial charge in [-0.05, 0) is 17.7 Å². The van der Waals surface area contributed by atoms with E-state index >= 15 is 0 Å². The van der Waals surface area contributed by atoms with Gasteiger partial charge in [0.25, 0.3) is 0 Å². The normalized spacial score (nSPS) is 11.6. The van der Waals surface area contributed by atoms with Crippen LogP contribution in [0.15, 0.2) is 59.5 Å². The third-order valence-electron chi connectivity index (χ3n) is 3.16. The number of sulfonamides is 1. The third-order valence-corrected chi connectivity index (χ3v) is 4.99. The van der Waals surface area contributed by atoms with Gasteiger partial charge in [0.1, 0.15) is 0 Å². The van der Waals surface area contributed by atoms with Crippen molar-refractivity contribution in [3.8, 4) is 0 Å². The van der Waals surface area contributed by atoms with Crippen molar-refractivity contribution in [1.29, 1.82) is 0 Å². The van der Waals surface area contributed by atoms with E-state index in [4.69, 9.17) is 0 Å². The first-order valence-electron chi connectivity index (χ1n) is 6.51. The Morgan fingerprint density at radius 3 is 2.05 bits per heavy atom. The molecule has 2 aromatic rings. The maximum Gasteiger partial charge on any atom is 0.242 e. The molecule has 0 saturated heterocycles. The molecule has 0 aliphatic rings. The summed E-state index contributed by atoms with van der Waals surface area (Å²) in [7, 11) is -0.504. The van der Waals surface area contributed by atoms with E-state index in [0.717, 1.165) is 9.87 Å². The summed E-state index contributed by atoms with van der Waals surface area (Å²) in [5, 5.41) is 0. The third kappa shape index (κ3) is 3.56. The van der Waals surface area contributed by atoms with E-state index in [2.05, 4.69) is 0 Å². The Morgan fingerprint density at radius 2 is 1.52 bits per heavy atom. The largest absolute Gasteiger partial charge is 0.294 e. The van der Waals surface area contributed by atoms with Gasteiger partial charge in [-0.2, -0.15) is 0 Å². The summed E-state index contributed by atoms with van der Waals surface area (Å²) in [6.07, 6.45) is 0.306. The fourth-order valence-corrected chi connectivity index (χ4v) is 2.81. The van der Waals surface area contributed by atoms with Crippen molar-refractivity contribution in [2.45, 2.75) is 11.3 Å². The number of hydrogen-bond acceptors (Lipinski definition) is 3. The standard InChI is InChI=1S/C16H17NO3S/c1-17(2)21(19,20)15-10-8-14(9-11-15)16(18)12-13-6-4-3-5-7-13/h3-11H,12H2,1-2H3. The van der Waals surface area contributed by atoms with Crippen LogP contribution in [0.4, 0.5) is 0 Å². The fourth-order valence-electron chi connectivity index (χ4n) is 1.91. The highest BCUT2D eigenvalue weighted by atomic mass is 32.2. The first-order chi connectivity index (χ1) is 9.91. The van der Waals surface area contributed by atoms with Crippen LogP contribution in [0.25, 0.3) is 0 Å². The summed E-state index contributed by atoms with van der Waals surface area (Å²) in [4.78, 5) is 12.3. The number of benzene rings is 2. The summed E-state index contributed by atoms with van der Waals surface area (Å²) in [5.74, 6) is -0.0324. The first kappa shape index (κ1) is 15.4. The Kier molecular flexibility index (Phi) is 4.55. The topological polar surface area (TPSA) is 54.5 Å². The Hall–Kier alpha value is -1.98. The van der Waals surface area contributed by atoms with Gasteiger partial charge >= 0.3 is 0 Å². The van der Waals surface area contributed by atoms with Gasteiger partial charge < -0.3 is 0 Å². The summed E-state index contributed by atoms with van der Waals surface area (Å²) in [6, 6.07) is 15.5. The molecule has 0 fully saturated rings. The summed E-state index contributed by atoms with van der Waals surface area (Å²) in [6.45, 7) is 0. The van der Waals surface area contributed by atoms with Crippen LogP contribution in [0.2, 0.25) is 0 Å². The van der Waals surface area contributed by atoms with Crippen LogP contribution in [-0.2, 0) is 16.4 Å². The summed E-state index contributed by atoms with van der Waals surface area (Å²) < 4.78 is 25.0. The minimum absolute atomic E-state index is 0.0324. The molecule has 0 bridgehead atoms. The van der Waals surface area contributed by atoms with E-state index in [9.17, 15) is 13.2 Å². The second kappa shape index (κ2) is 6.20. The lowest BCUT2D eigenvalue weighted by Crippen LogP contribution is -2.22. The first-order valence-corrected chi connectivity index (χ1v) is 7.95. The molecule has 0 spiro atoms. The van der Waals surface area contributed by atoms with E-state index in [1.807, 2.05) is 30.3 Å². The second-order valence-electron chi connectivity index (χ2n) is 4.90. The molecule has 110 valence electrons. The zero-order valence-electron chi connectivity index (χ0n) is 12.0. The molecule has 0 saturated carbocycles. The summed E-state index contributed by atoms with van der Waals surface area (Å²) in [5.41, 5.74) is 1.45. The number of hydrogen-bond donors (Lipinski definition) is 0. The van der Waals surface area contributed by atoms with Crippen LogP contribution in [0.3, 0.4) is 0 Å². The van der Waals surface area contributed by atoms with E-state index in [0.29, 0.717) is 12.0 Å².